The highest BCUT2D eigenvalue weighted by molar-refractivity contribution is 5.96. The van der Waals surface area contributed by atoms with Gasteiger partial charge in [0.05, 0.1) is 11.2 Å². The Morgan fingerprint density at radius 3 is 2.45 bits per heavy atom. The molecule has 0 unspecified atom stereocenters. The molecule has 0 saturated heterocycles. The normalized spacial score (nSPS) is 11.3. The van der Waals surface area contributed by atoms with E-state index in [0.29, 0.717) is 34.5 Å². The monoisotopic (exact) mass is 417 g/mol. The molecule has 4 rings (SSSR count). The zero-order valence-corrected chi connectivity index (χ0v) is 17.8. The Morgan fingerprint density at radius 2 is 1.74 bits per heavy atom. The maximum absolute atomic E-state index is 14.7. The molecular weight excluding hydrogens is 393 g/mol. The van der Waals surface area contributed by atoms with Gasteiger partial charge in [-0.3, -0.25) is 4.79 Å². The molecule has 31 heavy (non-hydrogen) atoms. The number of benzene rings is 2. The average molecular weight is 417 g/mol. The van der Waals surface area contributed by atoms with Crippen molar-refractivity contribution >= 4 is 17.1 Å². The van der Waals surface area contributed by atoms with Crippen LogP contribution in [0.4, 0.5) is 4.39 Å². The van der Waals surface area contributed by atoms with E-state index in [9.17, 15) is 9.18 Å². The van der Waals surface area contributed by atoms with Crippen LogP contribution in [-0.4, -0.2) is 52.5 Å². The Labute approximate surface area is 180 Å². The molecule has 1 N–H and O–H groups in total. The predicted molar refractivity (Wildman–Crippen MR) is 120 cm³/mol. The van der Waals surface area contributed by atoms with Crippen molar-refractivity contribution < 1.29 is 9.18 Å². The molecule has 0 aliphatic rings. The van der Waals surface area contributed by atoms with Gasteiger partial charge in [0.15, 0.2) is 5.65 Å². The van der Waals surface area contributed by atoms with Crippen LogP contribution in [0.2, 0.25) is 0 Å². The number of nitrogens with one attached hydrogen (secondary N) is 1. The summed E-state index contributed by atoms with van der Waals surface area (Å²) in [7, 11) is 5.66. The van der Waals surface area contributed by atoms with Crippen molar-refractivity contribution in [1.82, 2.24) is 24.8 Å². The number of fused-ring (bicyclic) bond motifs is 1. The van der Waals surface area contributed by atoms with Crippen molar-refractivity contribution in [3.63, 3.8) is 0 Å². The second-order valence-corrected chi connectivity index (χ2v) is 7.63. The van der Waals surface area contributed by atoms with E-state index in [0.717, 1.165) is 12.1 Å². The summed E-state index contributed by atoms with van der Waals surface area (Å²) < 4.78 is 16.4. The first-order valence-electron chi connectivity index (χ1n) is 10.1. The summed E-state index contributed by atoms with van der Waals surface area (Å²) in [6, 6.07) is 18.1. The zero-order valence-electron chi connectivity index (χ0n) is 17.8. The van der Waals surface area contributed by atoms with E-state index in [1.807, 2.05) is 55.4 Å². The summed E-state index contributed by atoms with van der Waals surface area (Å²) in [5, 5.41) is 2.88. The zero-order chi connectivity index (χ0) is 22.0. The molecule has 0 spiro atoms. The number of hydrogen-bond donors (Lipinski definition) is 1. The Balaban J connectivity index is 1.85. The summed E-state index contributed by atoms with van der Waals surface area (Å²) in [5.41, 5.74) is 3.68. The molecule has 0 aliphatic heterocycles. The highest BCUT2D eigenvalue weighted by Gasteiger charge is 2.20. The lowest BCUT2D eigenvalue weighted by atomic mass is 9.98. The van der Waals surface area contributed by atoms with Gasteiger partial charge in [0, 0.05) is 36.8 Å². The topological polar surface area (TPSA) is 63.1 Å². The van der Waals surface area contributed by atoms with Crippen LogP contribution in [0.15, 0.2) is 60.7 Å². The molecule has 2 aromatic carbocycles. The molecule has 6 nitrogen and oxygen atoms in total. The number of rotatable bonds is 6. The van der Waals surface area contributed by atoms with Crippen molar-refractivity contribution in [2.45, 2.75) is 0 Å². The van der Waals surface area contributed by atoms with Crippen LogP contribution in [0.5, 0.6) is 0 Å². The highest BCUT2D eigenvalue weighted by atomic mass is 19.1. The van der Waals surface area contributed by atoms with Crippen molar-refractivity contribution in [3.8, 4) is 22.4 Å². The SMILES string of the molecule is CN(C)CCNC(=O)c1nc2nc(-c3ccccc3)c(-c3ccccc3F)cc2n1C. The first-order chi connectivity index (χ1) is 15.0. The van der Waals surface area contributed by atoms with Crippen LogP contribution in [0.3, 0.4) is 0 Å². The number of imidazole rings is 1. The van der Waals surface area contributed by atoms with Crippen molar-refractivity contribution in [2.24, 2.45) is 7.05 Å². The fourth-order valence-corrected chi connectivity index (χ4v) is 3.49. The minimum atomic E-state index is -0.329. The van der Waals surface area contributed by atoms with E-state index in [-0.39, 0.29) is 17.5 Å². The molecule has 2 heterocycles. The Hall–Kier alpha value is -3.58. The summed E-state index contributed by atoms with van der Waals surface area (Å²) in [5.74, 6) is -0.327. The third-order valence-corrected chi connectivity index (χ3v) is 5.13. The Morgan fingerprint density at radius 1 is 1.03 bits per heavy atom. The number of carbonyl (C=O) groups is 1. The second kappa shape index (κ2) is 8.65. The van der Waals surface area contributed by atoms with Crippen molar-refractivity contribution in [1.29, 1.82) is 0 Å². The van der Waals surface area contributed by atoms with Gasteiger partial charge in [-0.2, -0.15) is 0 Å². The average Bonchev–Trinajstić information content (AvgIpc) is 3.09. The van der Waals surface area contributed by atoms with E-state index in [1.165, 1.54) is 6.07 Å². The number of likely N-dealkylation sites (N-methyl/N-ethyl adjacent to an activating group) is 1. The number of pyridine rings is 1. The van der Waals surface area contributed by atoms with Gasteiger partial charge in [0.1, 0.15) is 5.82 Å². The molecule has 158 valence electrons. The third-order valence-electron chi connectivity index (χ3n) is 5.13. The van der Waals surface area contributed by atoms with Crippen molar-refractivity contribution in [2.75, 3.05) is 27.2 Å². The lowest BCUT2D eigenvalue weighted by molar-refractivity contribution is 0.0938. The van der Waals surface area contributed by atoms with Crippen LogP contribution in [-0.2, 0) is 7.05 Å². The molecule has 0 fully saturated rings. The summed E-state index contributed by atoms with van der Waals surface area (Å²) in [6.45, 7) is 1.24. The maximum atomic E-state index is 14.7. The van der Waals surface area contributed by atoms with Crippen LogP contribution < -0.4 is 5.32 Å². The van der Waals surface area contributed by atoms with E-state index < -0.39 is 0 Å². The molecule has 0 radical (unpaired) electrons. The number of amides is 1. The Kier molecular flexibility index (Phi) is 5.77. The summed E-state index contributed by atoms with van der Waals surface area (Å²) in [6.07, 6.45) is 0. The fourth-order valence-electron chi connectivity index (χ4n) is 3.49. The molecule has 1 amide bonds. The van der Waals surface area contributed by atoms with Gasteiger partial charge in [-0.15, -0.1) is 0 Å². The number of carbonyl (C=O) groups excluding carboxylic acids is 1. The van der Waals surface area contributed by atoms with E-state index in [2.05, 4.69) is 10.3 Å². The Bertz CT molecular complexity index is 1230. The summed E-state index contributed by atoms with van der Waals surface area (Å²) >= 11 is 0. The minimum absolute atomic E-state index is 0.268. The van der Waals surface area contributed by atoms with Gasteiger partial charge < -0.3 is 14.8 Å². The van der Waals surface area contributed by atoms with Crippen LogP contribution in [0.25, 0.3) is 33.5 Å². The molecule has 0 atom stereocenters. The fraction of sp³-hybridized carbons (Fsp3) is 0.208. The van der Waals surface area contributed by atoms with Crippen LogP contribution in [0, 0.1) is 5.82 Å². The lowest BCUT2D eigenvalue weighted by Crippen LogP contribution is -2.32. The highest BCUT2D eigenvalue weighted by Crippen LogP contribution is 2.34. The number of nitrogens with zero attached hydrogens (tertiary/aromatic N) is 4. The van der Waals surface area contributed by atoms with Gasteiger partial charge in [-0.1, -0.05) is 48.5 Å². The van der Waals surface area contributed by atoms with Gasteiger partial charge in [-0.05, 0) is 26.2 Å². The first kappa shape index (κ1) is 20.7. The van der Waals surface area contributed by atoms with E-state index in [1.54, 1.807) is 29.8 Å². The molecular formula is C24H24FN5O. The molecule has 4 aromatic rings. The predicted octanol–water partition coefficient (Wildman–Crippen LogP) is 3.73. The van der Waals surface area contributed by atoms with E-state index in [4.69, 9.17) is 4.98 Å². The standard InChI is InChI=1S/C24H24FN5O/c1-29(2)14-13-26-24(31)23-28-22-20(30(23)3)15-18(17-11-7-8-12-19(17)25)21(27-22)16-9-5-4-6-10-16/h4-12,15H,13-14H2,1-3H3,(H,26,31). The second-order valence-electron chi connectivity index (χ2n) is 7.63. The number of hydrogen-bond acceptors (Lipinski definition) is 4. The first-order valence-corrected chi connectivity index (χ1v) is 10.1. The summed E-state index contributed by atoms with van der Waals surface area (Å²) in [4.78, 5) is 23.9. The molecule has 2 aromatic heterocycles. The third kappa shape index (κ3) is 4.18. The van der Waals surface area contributed by atoms with Gasteiger partial charge >= 0.3 is 0 Å². The molecule has 7 heteroatoms. The molecule has 0 saturated carbocycles. The number of aryl methyl sites for hydroxylation is 1. The molecule has 0 bridgehead atoms. The van der Waals surface area contributed by atoms with Crippen LogP contribution in [0.1, 0.15) is 10.6 Å². The number of aromatic nitrogens is 3. The maximum Gasteiger partial charge on any atom is 0.287 e. The minimum Gasteiger partial charge on any atom is -0.348 e. The quantitative estimate of drug-likeness (QED) is 0.519. The van der Waals surface area contributed by atoms with Crippen LogP contribution >= 0.6 is 0 Å². The lowest BCUT2D eigenvalue weighted by Gasteiger charge is -2.11. The smallest absolute Gasteiger partial charge is 0.287 e. The number of halogens is 1. The van der Waals surface area contributed by atoms with E-state index >= 15 is 0 Å². The van der Waals surface area contributed by atoms with Gasteiger partial charge in [0.25, 0.3) is 5.91 Å². The molecule has 0 aliphatic carbocycles. The van der Waals surface area contributed by atoms with Crippen molar-refractivity contribution in [3.05, 3.63) is 72.3 Å². The largest absolute Gasteiger partial charge is 0.348 e. The van der Waals surface area contributed by atoms with Gasteiger partial charge in [-0.25, -0.2) is 14.4 Å². The van der Waals surface area contributed by atoms with Gasteiger partial charge in [0.2, 0.25) is 5.82 Å².